The molecule has 0 spiro atoms. The van der Waals surface area contributed by atoms with E-state index < -0.39 is 18.0 Å². The van der Waals surface area contributed by atoms with Crippen molar-refractivity contribution < 1.29 is 44.7 Å². The van der Waals surface area contributed by atoms with Gasteiger partial charge in [-0.15, -0.1) is 0 Å². The molecule has 0 radical (unpaired) electrons. The third-order valence-electron chi connectivity index (χ3n) is 22.4. The fourth-order valence-electron chi connectivity index (χ4n) is 18.6. The molecule has 10 heteroatoms. The lowest BCUT2D eigenvalue weighted by molar-refractivity contribution is -0.175. The molecule has 0 aromatic heterocycles. The molecule has 8 aliphatic carbocycles. The van der Waals surface area contributed by atoms with Crippen LogP contribution >= 0.6 is 0 Å². The van der Waals surface area contributed by atoms with E-state index in [2.05, 4.69) is 46.9 Å². The Bertz CT molecular complexity index is 1670. The number of carbonyl (C=O) groups excluding carboxylic acids is 2. The van der Waals surface area contributed by atoms with Crippen LogP contribution in [0.2, 0.25) is 0 Å². The Morgan fingerprint density at radius 2 is 1.08 bits per heavy atom. The quantitative estimate of drug-likeness (QED) is 0.0693. The molecule has 10 nitrogen and oxygen atoms in total. The van der Waals surface area contributed by atoms with Gasteiger partial charge in [-0.25, -0.2) is 4.79 Å². The van der Waals surface area contributed by atoms with Crippen molar-refractivity contribution in [2.45, 2.75) is 220 Å². The van der Waals surface area contributed by atoms with E-state index in [1.54, 1.807) is 0 Å². The van der Waals surface area contributed by atoms with Gasteiger partial charge in [0.25, 0.3) is 0 Å². The van der Waals surface area contributed by atoms with Gasteiger partial charge in [0.15, 0.2) is 6.10 Å². The van der Waals surface area contributed by atoms with E-state index in [9.17, 15) is 39.9 Å². The van der Waals surface area contributed by atoms with Crippen molar-refractivity contribution >= 4 is 17.8 Å². The number of hydrogen-bond acceptors (Lipinski definition) is 8. The average Bonchev–Trinajstić information content (AvgIpc) is 3.81. The molecule has 0 saturated heterocycles. The standard InChI is InChI=1S/C54H89NO9/c1-31(39-16-18-41-37-14-12-33-27-35(56)22-24-51(33,3)43(37)29-46(58)53(39,41)5)10-20-48(60)55-26-8-7-9-45(50(62)63)64-49(61)21-11-32(2)40-17-19-42-38-15-13-34-28-36(57)23-25-52(34,4)44(38)30-47(59)54(40,42)6/h31-47,56-59H,7-30H2,1-6H3,(H,55,60)(H,62,63)/t31-,32-,33-,34-,35-,36-,37+,38+,39-,40-,41+,42+,43+,44+,45+,46+,47+,51+,52+,53-,54-/m1/s1. The van der Waals surface area contributed by atoms with Crippen LogP contribution in [-0.2, 0) is 19.1 Å². The Morgan fingerprint density at radius 3 is 1.56 bits per heavy atom. The summed E-state index contributed by atoms with van der Waals surface area (Å²) in [6.07, 6.45) is 17.6. The van der Waals surface area contributed by atoms with Crippen LogP contribution in [0.1, 0.15) is 189 Å². The first-order valence-electron chi connectivity index (χ1n) is 26.7. The van der Waals surface area contributed by atoms with Crippen LogP contribution in [-0.4, -0.2) is 80.4 Å². The van der Waals surface area contributed by atoms with Crippen molar-refractivity contribution in [1.82, 2.24) is 5.32 Å². The van der Waals surface area contributed by atoms with Gasteiger partial charge in [0, 0.05) is 19.4 Å². The smallest absolute Gasteiger partial charge is 0.345 e. The zero-order valence-electron chi connectivity index (χ0n) is 40.7. The van der Waals surface area contributed by atoms with Gasteiger partial charge in [0.1, 0.15) is 0 Å². The number of hydrogen-bond donors (Lipinski definition) is 6. The van der Waals surface area contributed by atoms with E-state index in [1.165, 1.54) is 25.7 Å². The first-order chi connectivity index (χ1) is 30.3. The summed E-state index contributed by atoms with van der Waals surface area (Å²) in [6, 6.07) is 0. The molecule has 1 amide bonds. The van der Waals surface area contributed by atoms with E-state index in [0.717, 1.165) is 83.5 Å². The molecule has 0 aromatic carbocycles. The van der Waals surface area contributed by atoms with Crippen LogP contribution in [0.4, 0.5) is 0 Å². The van der Waals surface area contributed by atoms with Crippen molar-refractivity contribution in [3.8, 4) is 0 Å². The van der Waals surface area contributed by atoms with E-state index >= 15 is 0 Å². The fraction of sp³-hybridized carbons (Fsp3) is 0.944. The minimum absolute atomic E-state index is 0.00602. The zero-order chi connectivity index (χ0) is 45.9. The Kier molecular flexibility index (Phi) is 14.4. The number of carbonyl (C=O) groups is 3. The van der Waals surface area contributed by atoms with Crippen LogP contribution in [0.3, 0.4) is 0 Å². The van der Waals surface area contributed by atoms with Gasteiger partial charge in [-0.1, -0.05) is 41.5 Å². The number of aliphatic hydroxyl groups excluding tert-OH is 4. The average molecular weight is 896 g/mol. The van der Waals surface area contributed by atoms with Crippen LogP contribution in [0.15, 0.2) is 0 Å². The summed E-state index contributed by atoms with van der Waals surface area (Å²) in [6.45, 7) is 14.5. The minimum Gasteiger partial charge on any atom is -0.479 e. The van der Waals surface area contributed by atoms with Gasteiger partial charge in [-0.3, -0.25) is 9.59 Å². The molecule has 8 saturated carbocycles. The molecular weight excluding hydrogens is 807 g/mol. The molecule has 8 aliphatic rings. The van der Waals surface area contributed by atoms with Gasteiger partial charge >= 0.3 is 11.9 Å². The third-order valence-corrected chi connectivity index (χ3v) is 22.4. The van der Waals surface area contributed by atoms with Crippen LogP contribution < -0.4 is 5.32 Å². The molecule has 0 aromatic rings. The lowest BCUT2D eigenvalue weighted by Gasteiger charge is -2.62. The summed E-state index contributed by atoms with van der Waals surface area (Å²) in [5, 5.41) is 57.7. The van der Waals surface area contributed by atoms with E-state index in [4.69, 9.17) is 4.74 Å². The Labute approximate surface area is 385 Å². The van der Waals surface area contributed by atoms with Crippen molar-refractivity contribution in [3.05, 3.63) is 0 Å². The first kappa shape index (κ1) is 48.7. The maximum atomic E-state index is 13.1. The second-order valence-electron chi connectivity index (χ2n) is 25.0. The maximum absolute atomic E-state index is 13.1. The highest BCUT2D eigenvalue weighted by molar-refractivity contribution is 5.78. The Hall–Kier alpha value is -1.75. The van der Waals surface area contributed by atoms with Crippen LogP contribution in [0.25, 0.3) is 0 Å². The fourth-order valence-corrected chi connectivity index (χ4v) is 18.6. The lowest BCUT2D eigenvalue weighted by Crippen LogP contribution is -2.58. The van der Waals surface area contributed by atoms with Crippen LogP contribution in [0, 0.1) is 92.7 Å². The van der Waals surface area contributed by atoms with Crippen molar-refractivity contribution in [3.63, 3.8) is 0 Å². The molecule has 0 heterocycles. The van der Waals surface area contributed by atoms with Gasteiger partial charge < -0.3 is 35.6 Å². The number of ether oxygens (including phenoxy) is 1. The van der Waals surface area contributed by atoms with Crippen molar-refractivity contribution in [2.24, 2.45) is 92.7 Å². The molecule has 0 bridgehead atoms. The zero-order valence-corrected chi connectivity index (χ0v) is 40.7. The summed E-state index contributed by atoms with van der Waals surface area (Å²) in [4.78, 5) is 38.3. The summed E-state index contributed by atoms with van der Waals surface area (Å²) >= 11 is 0. The molecule has 0 aliphatic heterocycles. The largest absolute Gasteiger partial charge is 0.479 e. The summed E-state index contributed by atoms with van der Waals surface area (Å²) in [7, 11) is 0. The van der Waals surface area contributed by atoms with Crippen molar-refractivity contribution in [2.75, 3.05) is 6.54 Å². The minimum atomic E-state index is -1.21. The number of nitrogens with one attached hydrogen (secondary N) is 1. The number of rotatable bonds is 15. The van der Waals surface area contributed by atoms with Crippen LogP contribution in [0.5, 0.6) is 0 Å². The molecule has 6 N–H and O–H groups in total. The molecule has 8 fully saturated rings. The number of aliphatic hydroxyl groups is 4. The predicted molar refractivity (Wildman–Crippen MR) is 246 cm³/mol. The van der Waals surface area contributed by atoms with Gasteiger partial charge in [0.2, 0.25) is 5.91 Å². The number of unbranched alkanes of at least 4 members (excludes halogenated alkanes) is 1. The van der Waals surface area contributed by atoms with Gasteiger partial charge in [-0.2, -0.15) is 0 Å². The second kappa shape index (κ2) is 19.0. The molecule has 21 atom stereocenters. The molecular formula is C54H89NO9. The normalized spacial score (nSPS) is 47.3. The third kappa shape index (κ3) is 8.66. The summed E-state index contributed by atoms with van der Waals surface area (Å²) in [5.41, 5.74) is 0.0870. The van der Waals surface area contributed by atoms with Gasteiger partial charge in [-0.05, 0) is 228 Å². The van der Waals surface area contributed by atoms with Crippen molar-refractivity contribution in [1.29, 1.82) is 0 Å². The number of fused-ring (bicyclic) bond motifs is 10. The van der Waals surface area contributed by atoms with Gasteiger partial charge in [0.05, 0.1) is 24.4 Å². The highest BCUT2D eigenvalue weighted by atomic mass is 16.6. The monoisotopic (exact) mass is 896 g/mol. The van der Waals surface area contributed by atoms with E-state index in [1.807, 2.05) is 0 Å². The summed E-state index contributed by atoms with van der Waals surface area (Å²) < 4.78 is 5.55. The molecule has 0 unspecified atom stereocenters. The number of esters is 1. The predicted octanol–water partition coefficient (Wildman–Crippen LogP) is 9.08. The molecule has 8 rings (SSSR count). The number of carboxylic acids is 1. The Balaban J connectivity index is 0.738. The summed E-state index contributed by atoms with van der Waals surface area (Å²) in [5.74, 6) is 3.95. The topological polar surface area (TPSA) is 174 Å². The highest BCUT2D eigenvalue weighted by Crippen LogP contribution is 2.70. The SMILES string of the molecule is C[C@H](CCC(=O)NCCCC[C@H](OC(=O)CC[C@@H](C)[C@H]1CC[C@H]2[C@@H]3CC[C@@H]4C[C@H](O)CC[C@]4(C)[C@H]3C[C@H](O)[C@]12C)C(=O)O)[C@H]1CC[C@H]2[C@@H]3CC[C@@H]4C[C@H](O)CC[C@]4(C)[C@H]3C[C@H](O)[C@]12C. The highest BCUT2D eigenvalue weighted by Gasteiger charge is 2.65. The molecule has 364 valence electrons. The molecule has 64 heavy (non-hydrogen) atoms. The first-order valence-corrected chi connectivity index (χ1v) is 26.7. The number of aliphatic carboxylic acids is 1. The maximum Gasteiger partial charge on any atom is 0.345 e. The van der Waals surface area contributed by atoms with E-state index in [0.29, 0.717) is 97.3 Å². The lowest BCUT2D eigenvalue weighted by atomic mass is 9.43. The second-order valence-corrected chi connectivity index (χ2v) is 25.0. The van der Waals surface area contributed by atoms with E-state index in [-0.39, 0.29) is 70.7 Å². The number of amides is 1. The number of carboxylic acid groups (broad SMARTS) is 1. The Morgan fingerprint density at radius 1 is 0.594 bits per heavy atom.